The first-order valence-corrected chi connectivity index (χ1v) is 3.59. The van der Waals surface area contributed by atoms with Crippen LogP contribution >= 0.6 is 0 Å². The molecule has 2 radical (unpaired) electrons. The Bertz CT molecular complexity index is 185. The lowest BCUT2D eigenvalue weighted by atomic mass is 10.1. The van der Waals surface area contributed by atoms with Crippen LogP contribution in [-0.4, -0.2) is 47.1 Å². The van der Waals surface area contributed by atoms with Gasteiger partial charge in [0.15, 0.2) is 0 Å². The standard InChI is InChI=1S/C7H11NO3.Mg/c1-4(2)11-7(10)5-3-6(9)8-5;/h4-5H,3H2,1-2H3,(H,8,9);/t5-;/m0./s1. The van der Waals surface area contributed by atoms with Crippen molar-refractivity contribution in [3.05, 3.63) is 0 Å². The van der Waals surface area contributed by atoms with Crippen LogP contribution in [0.3, 0.4) is 0 Å². The zero-order valence-electron chi connectivity index (χ0n) is 7.29. The first-order valence-electron chi connectivity index (χ1n) is 3.59. The number of carbonyl (C=O) groups excluding carboxylic acids is 2. The fourth-order valence-electron chi connectivity index (χ4n) is 0.815. The van der Waals surface area contributed by atoms with Crippen molar-refractivity contribution in [3.63, 3.8) is 0 Å². The minimum absolute atomic E-state index is 0. The third-order valence-corrected chi connectivity index (χ3v) is 1.36. The smallest absolute Gasteiger partial charge is 0.329 e. The van der Waals surface area contributed by atoms with Gasteiger partial charge in [-0.3, -0.25) is 4.79 Å². The zero-order chi connectivity index (χ0) is 8.43. The predicted octanol–water partition coefficient (Wildman–Crippen LogP) is -0.554. The number of hydrogen-bond donors (Lipinski definition) is 1. The summed E-state index contributed by atoms with van der Waals surface area (Å²) in [5, 5.41) is 2.43. The Morgan fingerprint density at radius 1 is 1.67 bits per heavy atom. The first-order chi connectivity index (χ1) is 5.09. The summed E-state index contributed by atoms with van der Waals surface area (Å²) in [5.74, 6) is -0.421. The summed E-state index contributed by atoms with van der Waals surface area (Å²) in [6.45, 7) is 3.55. The van der Waals surface area contributed by atoms with E-state index in [0.29, 0.717) is 0 Å². The lowest BCUT2D eigenvalue weighted by Gasteiger charge is -2.25. The Balaban J connectivity index is 0.00000121. The molecule has 0 unspecified atom stereocenters. The van der Waals surface area contributed by atoms with Crippen molar-refractivity contribution in [2.75, 3.05) is 0 Å². The summed E-state index contributed by atoms with van der Waals surface area (Å²) in [6, 6.07) is -0.398. The molecule has 1 heterocycles. The average Bonchev–Trinajstić information content (AvgIpc) is 1.79. The quantitative estimate of drug-likeness (QED) is 0.353. The summed E-state index contributed by atoms with van der Waals surface area (Å²) in [7, 11) is 0. The third kappa shape index (κ3) is 2.98. The second-order valence-corrected chi connectivity index (χ2v) is 2.81. The fraction of sp³-hybridized carbons (Fsp3) is 0.714. The third-order valence-electron chi connectivity index (χ3n) is 1.36. The Morgan fingerprint density at radius 3 is 2.50 bits per heavy atom. The molecule has 1 N–H and O–H groups in total. The number of carbonyl (C=O) groups is 2. The molecule has 0 saturated carbocycles. The highest BCUT2D eigenvalue weighted by molar-refractivity contribution is 5.94. The second kappa shape index (κ2) is 4.66. The van der Waals surface area contributed by atoms with E-state index in [-0.39, 0.29) is 47.5 Å². The van der Waals surface area contributed by atoms with Crippen LogP contribution in [0.25, 0.3) is 0 Å². The number of rotatable bonds is 2. The molecule has 0 aromatic heterocycles. The van der Waals surface area contributed by atoms with Gasteiger partial charge in [0.1, 0.15) is 6.04 Å². The molecule has 1 rings (SSSR count). The SMILES string of the molecule is CC(C)OC(=O)[C@@H]1CC(=O)N1.[Mg]. The minimum Gasteiger partial charge on any atom is -0.461 e. The van der Waals surface area contributed by atoms with Crippen molar-refractivity contribution < 1.29 is 14.3 Å². The molecule has 1 aliphatic heterocycles. The molecule has 4 nitrogen and oxygen atoms in total. The van der Waals surface area contributed by atoms with Gasteiger partial charge in [0, 0.05) is 23.1 Å². The molecule has 0 bridgehead atoms. The van der Waals surface area contributed by atoms with Crippen LogP contribution in [0.5, 0.6) is 0 Å². The lowest BCUT2D eigenvalue weighted by molar-refractivity contribution is -0.156. The number of nitrogens with one attached hydrogen (secondary N) is 1. The summed E-state index contributed by atoms with van der Waals surface area (Å²) in [5.41, 5.74) is 0. The number of amides is 1. The maximum Gasteiger partial charge on any atom is 0.329 e. The maximum atomic E-state index is 10.9. The van der Waals surface area contributed by atoms with Crippen LogP contribution in [0.1, 0.15) is 20.3 Å². The van der Waals surface area contributed by atoms with E-state index < -0.39 is 6.04 Å². The van der Waals surface area contributed by atoms with E-state index in [0.717, 1.165) is 0 Å². The molecule has 0 aliphatic carbocycles. The molecule has 1 fully saturated rings. The largest absolute Gasteiger partial charge is 0.461 e. The average molecular weight is 181 g/mol. The Kier molecular flexibility index (Phi) is 4.55. The van der Waals surface area contributed by atoms with Gasteiger partial charge in [0.25, 0.3) is 0 Å². The molecule has 64 valence electrons. The highest BCUT2D eigenvalue weighted by Crippen LogP contribution is 2.06. The summed E-state index contributed by atoms with van der Waals surface area (Å²) in [4.78, 5) is 21.3. The molecule has 1 atom stereocenters. The van der Waals surface area contributed by atoms with Crippen LogP contribution in [0.2, 0.25) is 0 Å². The van der Waals surface area contributed by atoms with Crippen LogP contribution in [0, 0.1) is 0 Å². The summed E-state index contributed by atoms with van der Waals surface area (Å²) in [6.07, 6.45) is 0.158. The van der Waals surface area contributed by atoms with E-state index in [1.807, 2.05) is 0 Å². The van der Waals surface area contributed by atoms with Crippen molar-refractivity contribution in [1.82, 2.24) is 5.32 Å². The van der Waals surface area contributed by atoms with Crippen LogP contribution < -0.4 is 5.32 Å². The van der Waals surface area contributed by atoms with Gasteiger partial charge in [0.2, 0.25) is 5.91 Å². The van der Waals surface area contributed by atoms with Crippen LogP contribution in [0.4, 0.5) is 0 Å². The fourth-order valence-corrected chi connectivity index (χ4v) is 0.815. The van der Waals surface area contributed by atoms with E-state index in [1.54, 1.807) is 13.8 Å². The number of hydrogen-bond acceptors (Lipinski definition) is 3. The van der Waals surface area contributed by atoms with Crippen molar-refractivity contribution in [2.24, 2.45) is 0 Å². The molecule has 0 spiro atoms. The van der Waals surface area contributed by atoms with Gasteiger partial charge in [-0.15, -0.1) is 0 Å². The van der Waals surface area contributed by atoms with Gasteiger partial charge < -0.3 is 10.1 Å². The van der Waals surface area contributed by atoms with E-state index in [4.69, 9.17) is 4.74 Å². The van der Waals surface area contributed by atoms with Gasteiger partial charge >= 0.3 is 5.97 Å². The number of β-lactam (4-membered cyclic amide) rings is 1. The highest BCUT2D eigenvalue weighted by atomic mass is 24.3. The molecular weight excluding hydrogens is 170 g/mol. The normalized spacial score (nSPS) is 20.6. The second-order valence-electron chi connectivity index (χ2n) is 2.81. The van der Waals surface area contributed by atoms with E-state index in [2.05, 4.69) is 5.32 Å². The monoisotopic (exact) mass is 181 g/mol. The topological polar surface area (TPSA) is 55.4 Å². The molecule has 0 aromatic carbocycles. The summed E-state index contributed by atoms with van der Waals surface area (Å²) >= 11 is 0. The minimum atomic E-state index is -0.398. The molecule has 1 saturated heterocycles. The molecule has 1 amide bonds. The Hall–Kier alpha value is -0.294. The molecule has 0 aromatic rings. The predicted molar refractivity (Wildman–Crippen MR) is 43.5 cm³/mol. The van der Waals surface area contributed by atoms with E-state index in [9.17, 15) is 9.59 Å². The molecule has 5 heteroatoms. The van der Waals surface area contributed by atoms with Crippen LogP contribution in [0.15, 0.2) is 0 Å². The Labute approximate surface area is 87.2 Å². The summed E-state index contributed by atoms with van der Waals surface area (Å²) < 4.78 is 4.85. The van der Waals surface area contributed by atoms with Crippen molar-refractivity contribution in [3.8, 4) is 0 Å². The van der Waals surface area contributed by atoms with Gasteiger partial charge in [-0.25, -0.2) is 4.79 Å². The highest BCUT2D eigenvalue weighted by Gasteiger charge is 2.33. The molecular formula is C7H11MgNO3. The van der Waals surface area contributed by atoms with Gasteiger partial charge in [0.05, 0.1) is 12.5 Å². The number of ether oxygens (including phenoxy) is 1. The van der Waals surface area contributed by atoms with Crippen molar-refractivity contribution in [1.29, 1.82) is 0 Å². The lowest BCUT2D eigenvalue weighted by Crippen LogP contribution is -2.54. The first kappa shape index (κ1) is 11.7. The van der Waals surface area contributed by atoms with Crippen LogP contribution in [-0.2, 0) is 14.3 Å². The molecule has 1 aliphatic rings. The van der Waals surface area contributed by atoms with Gasteiger partial charge in [-0.1, -0.05) is 0 Å². The van der Waals surface area contributed by atoms with Crippen molar-refractivity contribution >= 4 is 34.9 Å². The Morgan fingerprint density at radius 2 is 2.17 bits per heavy atom. The van der Waals surface area contributed by atoms with Crippen molar-refractivity contribution in [2.45, 2.75) is 32.4 Å². The number of esters is 1. The van der Waals surface area contributed by atoms with E-state index in [1.165, 1.54) is 0 Å². The van der Waals surface area contributed by atoms with E-state index >= 15 is 0 Å². The maximum absolute atomic E-state index is 10.9. The van der Waals surface area contributed by atoms with Gasteiger partial charge in [-0.2, -0.15) is 0 Å². The molecule has 12 heavy (non-hydrogen) atoms. The zero-order valence-corrected chi connectivity index (χ0v) is 8.71. The van der Waals surface area contributed by atoms with Gasteiger partial charge in [-0.05, 0) is 13.8 Å².